The monoisotopic (exact) mass is 477 g/mol. The Bertz CT molecular complexity index is 845. The largest absolute Gasteiger partial charge is 0.326 e. The van der Waals surface area contributed by atoms with E-state index in [1.807, 2.05) is 0 Å². The number of carbonyl (C=O) groups is 1. The van der Waals surface area contributed by atoms with Crippen LogP contribution in [0.5, 0.6) is 0 Å². The summed E-state index contributed by atoms with van der Waals surface area (Å²) >= 11 is 24.0. The van der Waals surface area contributed by atoms with Gasteiger partial charge in [-0.2, -0.15) is 0 Å². The lowest BCUT2D eigenvalue weighted by molar-refractivity contribution is -0.116. The quantitative estimate of drug-likeness (QED) is 0.550. The van der Waals surface area contributed by atoms with Gasteiger partial charge in [0.1, 0.15) is 5.82 Å². The molecule has 0 bridgehead atoms. The van der Waals surface area contributed by atoms with Gasteiger partial charge in [-0.3, -0.25) is 9.69 Å². The molecule has 1 N–H and O–H groups in total. The summed E-state index contributed by atoms with van der Waals surface area (Å²) in [5.41, 5.74) is 1.04. The van der Waals surface area contributed by atoms with Gasteiger partial charge in [0.25, 0.3) is 0 Å². The average molecular weight is 479 g/mol. The number of hydrogen-bond acceptors (Lipinski definition) is 3. The normalized spacial score (nSPS) is 15.5. The van der Waals surface area contributed by atoms with E-state index < -0.39 is 0 Å². The van der Waals surface area contributed by atoms with Crippen LogP contribution in [0.1, 0.15) is 12.0 Å². The third kappa shape index (κ3) is 6.20. The Morgan fingerprint density at radius 2 is 1.59 bits per heavy atom. The number of benzene rings is 2. The fraction of sp³-hybridized carbons (Fsp3) is 0.350. The molecule has 0 aromatic heterocycles. The number of nitrogens with one attached hydrogen (secondary N) is 1. The smallest absolute Gasteiger partial charge is 0.225 e. The van der Waals surface area contributed by atoms with Crippen LogP contribution < -0.4 is 5.32 Å². The number of amides is 1. The van der Waals surface area contributed by atoms with Crippen molar-refractivity contribution < 1.29 is 9.18 Å². The van der Waals surface area contributed by atoms with Gasteiger partial charge >= 0.3 is 0 Å². The molecule has 156 valence electrons. The van der Waals surface area contributed by atoms with Crippen molar-refractivity contribution in [3.8, 4) is 0 Å². The van der Waals surface area contributed by atoms with Gasteiger partial charge < -0.3 is 10.2 Å². The van der Waals surface area contributed by atoms with E-state index in [9.17, 15) is 9.18 Å². The van der Waals surface area contributed by atoms with E-state index in [1.54, 1.807) is 24.3 Å². The Balaban J connectivity index is 1.43. The molecule has 29 heavy (non-hydrogen) atoms. The fourth-order valence-electron chi connectivity index (χ4n) is 3.19. The second-order valence-corrected chi connectivity index (χ2v) is 8.47. The van der Waals surface area contributed by atoms with Gasteiger partial charge in [0, 0.05) is 62.0 Å². The Labute approximate surface area is 189 Å². The molecule has 1 heterocycles. The van der Waals surface area contributed by atoms with E-state index in [0.717, 1.165) is 26.2 Å². The summed E-state index contributed by atoms with van der Waals surface area (Å²) in [5.74, 6) is -0.404. The molecule has 0 saturated carbocycles. The molecule has 1 amide bonds. The van der Waals surface area contributed by atoms with Crippen LogP contribution in [0.25, 0.3) is 0 Å². The molecule has 1 aliphatic rings. The number of halogens is 5. The summed E-state index contributed by atoms with van der Waals surface area (Å²) in [7, 11) is 0. The zero-order valence-corrected chi connectivity index (χ0v) is 18.6. The molecule has 0 spiro atoms. The van der Waals surface area contributed by atoms with E-state index in [4.69, 9.17) is 46.4 Å². The van der Waals surface area contributed by atoms with Crippen LogP contribution >= 0.6 is 46.4 Å². The predicted molar refractivity (Wildman–Crippen MR) is 118 cm³/mol. The van der Waals surface area contributed by atoms with Crippen molar-refractivity contribution in [2.24, 2.45) is 0 Å². The van der Waals surface area contributed by atoms with Crippen molar-refractivity contribution in [1.29, 1.82) is 0 Å². The number of piperazine rings is 1. The highest BCUT2D eigenvalue weighted by Crippen LogP contribution is 2.33. The highest BCUT2D eigenvalue weighted by molar-refractivity contribution is 6.48. The van der Waals surface area contributed by atoms with Crippen molar-refractivity contribution in [3.05, 3.63) is 61.8 Å². The van der Waals surface area contributed by atoms with Crippen LogP contribution in [0, 0.1) is 5.82 Å². The summed E-state index contributed by atoms with van der Waals surface area (Å²) in [5, 5.41) is 4.08. The molecular weight excluding hydrogens is 459 g/mol. The summed E-state index contributed by atoms with van der Waals surface area (Å²) in [4.78, 5) is 16.6. The molecule has 9 heteroatoms. The van der Waals surface area contributed by atoms with Crippen molar-refractivity contribution in [3.63, 3.8) is 0 Å². The molecule has 0 radical (unpaired) electrons. The third-order valence-corrected chi connectivity index (χ3v) is 6.38. The lowest BCUT2D eigenvalue weighted by Gasteiger charge is -2.34. The first-order chi connectivity index (χ1) is 13.8. The number of nitrogens with zero attached hydrogens (tertiary/aromatic N) is 2. The van der Waals surface area contributed by atoms with Crippen LogP contribution in [0.15, 0.2) is 30.3 Å². The SMILES string of the molecule is O=C(CCN1CCN(Cc2c(F)cccc2Cl)CC1)Nc1cc(Cl)c(Cl)c(Cl)c1. The summed E-state index contributed by atoms with van der Waals surface area (Å²) in [6, 6.07) is 7.88. The van der Waals surface area contributed by atoms with E-state index >= 15 is 0 Å². The minimum Gasteiger partial charge on any atom is -0.326 e. The molecule has 4 nitrogen and oxygen atoms in total. The van der Waals surface area contributed by atoms with Crippen molar-refractivity contribution in [2.75, 3.05) is 38.0 Å². The van der Waals surface area contributed by atoms with Crippen molar-refractivity contribution in [2.45, 2.75) is 13.0 Å². The molecule has 0 aliphatic carbocycles. The molecule has 3 rings (SSSR count). The number of carbonyl (C=O) groups excluding carboxylic acids is 1. The zero-order chi connectivity index (χ0) is 21.0. The van der Waals surface area contributed by atoms with Gasteiger partial charge in [-0.05, 0) is 24.3 Å². The van der Waals surface area contributed by atoms with Crippen LogP contribution in [0.2, 0.25) is 20.1 Å². The molecule has 2 aromatic rings. The van der Waals surface area contributed by atoms with Crippen molar-refractivity contribution >= 4 is 58.0 Å². The minimum absolute atomic E-state index is 0.125. The van der Waals surface area contributed by atoms with Gasteiger partial charge in [-0.1, -0.05) is 52.5 Å². The molecule has 1 saturated heterocycles. The van der Waals surface area contributed by atoms with Crippen LogP contribution in [-0.4, -0.2) is 48.4 Å². The first-order valence-corrected chi connectivity index (χ1v) is 10.7. The van der Waals surface area contributed by atoms with Crippen LogP contribution in [0.4, 0.5) is 10.1 Å². The van der Waals surface area contributed by atoms with Crippen molar-refractivity contribution in [1.82, 2.24) is 9.80 Å². The Morgan fingerprint density at radius 3 is 2.21 bits per heavy atom. The number of rotatable bonds is 6. The summed E-state index contributed by atoms with van der Waals surface area (Å²) in [6.07, 6.45) is 0.344. The lowest BCUT2D eigenvalue weighted by atomic mass is 10.1. The second kappa shape index (κ2) is 10.3. The Morgan fingerprint density at radius 1 is 0.966 bits per heavy atom. The fourth-order valence-corrected chi connectivity index (χ4v) is 4.01. The van der Waals surface area contributed by atoms with E-state index in [2.05, 4.69) is 15.1 Å². The molecule has 0 unspecified atom stereocenters. The topological polar surface area (TPSA) is 35.6 Å². The lowest BCUT2D eigenvalue weighted by Crippen LogP contribution is -2.46. The summed E-state index contributed by atoms with van der Waals surface area (Å²) in [6.45, 7) is 4.30. The van der Waals surface area contributed by atoms with Gasteiger partial charge in [0.05, 0.1) is 15.1 Å². The molecular formula is C20H20Cl4FN3O. The van der Waals surface area contributed by atoms with Gasteiger partial charge in [0.2, 0.25) is 5.91 Å². The number of hydrogen-bond donors (Lipinski definition) is 1. The molecule has 1 aliphatic heterocycles. The van der Waals surface area contributed by atoms with Gasteiger partial charge in [-0.15, -0.1) is 0 Å². The van der Waals surface area contributed by atoms with E-state index in [-0.39, 0.29) is 16.7 Å². The number of anilines is 1. The maximum Gasteiger partial charge on any atom is 0.225 e. The van der Waals surface area contributed by atoms with E-state index in [1.165, 1.54) is 6.07 Å². The Kier molecular flexibility index (Phi) is 8.02. The van der Waals surface area contributed by atoms with Crippen LogP contribution in [0.3, 0.4) is 0 Å². The molecule has 1 fully saturated rings. The second-order valence-electron chi connectivity index (χ2n) is 6.87. The predicted octanol–water partition coefficient (Wildman–Crippen LogP) is 5.59. The maximum absolute atomic E-state index is 14.0. The highest BCUT2D eigenvalue weighted by Gasteiger charge is 2.20. The van der Waals surface area contributed by atoms with Crippen LogP contribution in [-0.2, 0) is 11.3 Å². The highest BCUT2D eigenvalue weighted by atomic mass is 35.5. The maximum atomic E-state index is 14.0. The first-order valence-electron chi connectivity index (χ1n) is 9.15. The molecule has 0 atom stereocenters. The average Bonchev–Trinajstić information content (AvgIpc) is 2.68. The Hall–Kier alpha value is -1.08. The van der Waals surface area contributed by atoms with E-state index in [0.29, 0.717) is 45.8 Å². The standard InChI is InChI=1S/C20H20Cl4FN3O/c21-15-2-1-3-18(25)14(15)12-28-8-6-27(7-9-28)5-4-19(29)26-13-10-16(22)20(24)17(23)11-13/h1-3,10-11H,4-9,12H2,(H,26,29). The zero-order valence-electron chi connectivity index (χ0n) is 15.5. The van der Waals surface area contributed by atoms with Gasteiger partial charge in [0.15, 0.2) is 0 Å². The van der Waals surface area contributed by atoms with Gasteiger partial charge in [-0.25, -0.2) is 4.39 Å². The molecule has 2 aromatic carbocycles. The summed E-state index contributed by atoms with van der Waals surface area (Å²) < 4.78 is 14.0. The first kappa shape index (κ1) is 22.6. The minimum atomic E-state index is -0.279. The third-order valence-electron chi connectivity index (χ3n) is 4.83.